The monoisotopic (exact) mass is 311 g/mol. The third-order valence-electron chi connectivity index (χ3n) is 4.42. The van der Waals surface area contributed by atoms with Crippen molar-refractivity contribution in [3.05, 3.63) is 18.2 Å². The van der Waals surface area contributed by atoms with E-state index in [1.165, 1.54) is 19.2 Å². The Hall–Kier alpha value is -1.31. The van der Waals surface area contributed by atoms with E-state index in [9.17, 15) is 8.42 Å². The van der Waals surface area contributed by atoms with Crippen LogP contribution in [0.4, 0.5) is 5.69 Å². The van der Waals surface area contributed by atoms with Crippen LogP contribution in [0.2, 0.25) is 0 Å². The first-order chi connectivity index (χ1) is 10.0. The van der Waals surface area contributed by atoms with E-state index in [0.29, 0.717) is 17.5 Å². The molecule has 0 radical (unpaired) electrons. The standard InChI is InChI=1S/C14H21N3O3S/c1-20-14-5-4-10(9-11(14)15)21(18,19)16-12-6-8-17-7-2-3-13(12)17/h4-5,9,12-13,16H,2-3,6-8,15H2,1H3. The van der Waals surface area contributed by atoms with Gasteiger partial charge in [0, 0.05) is 18.6 Å². The lowest BCUT2D eigenvalue weighted by molar-refractivity contribution is 0.309. The zero-order chi connectivity index (χ0) is 15.0. The first-order valence-electron chi connectivity index (χ1n) is 7.21. The number of rotatable bonds is 4. The van der Waals surface area contributed by atoms with Crippen LogP contribution in [0.15, 0.2) is 23.1 Å². The molecule has 2 aliphatic heterocycles. The van der Waals surface area contributed by atoms with Crippen molar-refractivity contribution in [2.75, 3.05) is 25.9 Å². The zero-order valence-corrected chi connectivity index (χ0v) is 12.9. The number of sulfonamides is 1. The highest BCUT2D eigenvalue weighted by molar-refractivity contribution is 7.89. The van der Waals surface area contributed by atoms with Gasteiger partial charge in [-0.3, -0.25) is 4.90 Å². The van der Waals surface area contributed by atoms with Crippen LogP contribution < -0.4 is 15.2 Å². The van der Waals surface area contributed by atoms with Crippen LogP contribution in [0.3, 0.4) is 0 Å². The first kappa shape index (κ1) is 14.6. The molecule has 7 heteroatoms. The molecule has 0 amide bonds. The van der Waals surface area contributed by atoms with Gasteiger partial charge in [0.25, 0.3) is 0 Å². The Morgan fingerprint density at radius 2 is 2.14 bits per heavy atom. The Balaban J connectivity index is 1.79. The lowest BCUT2D eigenvalue weighted by Gasteiger charge is -2.21. The molecular formula is C14H21N3O3S. The van der Waals surface area contributed by atoms with Crippen LogP contribution in [-0.2, 0) is 10.0 Å². The first-order valence-corrected chi connectivity index (χ1v) is 8.69. The number of nitrogens with zero attached hydrogens (tertiary/aromatic N) is 1. The normalized spacial score (nSPS) is 26.0. The second kappa shape index (κ2) is 5.47. The molecule has 1 aromatic rings. The van der Waals surface area contributed by atoms with Gasteiger partial charge in [-0.2, -0.15) is 0 Å². The van der Waals surface area contributed by atoms with E-state index in [1.807, 2.05) is 0 Å². The van der Waals surface area contributed by atoms with Gasteiger partial charge in [0.1, 0.15) is 5.75 Å². The second-order valence-corrected chi connectivity index (χ2v) is 7.38. The zero-order valence-electron chi connectivity index (χ0n) is 12.1. The summed E-state index contributed by atoms with van der Waals surface area (Å²) in [5.41, 5.74) is 6.12. The Morgan fingerprint density at radius 3 is 2.86 bits per heavy atom. The molecule has 2 atom stereocenters. The number of nitrogens with two attached hydrogens (primary N) is 1. The van der Waals surface area contributed by atoms with Gasteiger partial charge in [-0.15, -0.1) is 0 Å². The number of nitrogens with one attached hydrogen (secondary N) is 1. The van der Waals surface area contributed by atoms with Crippen molar-refractivity contribution in [3.63, 3.8) is 0 Å². The van der Waals surface area contributed by atoms with Gasteiger partial charge in [0.2, 0.25) is 10.0 Å². The number of anilines is 1. The Kier molecular flexibility index (Phi) is 3.81. The van der Waals surface area contributed by atoms with Gasteiger partial charge in [-0.25, -0.2) is 13.1 Å². The van der Waals surface area contributed by atoms with Gasteiger partial charge in [-0.05, 0) is 44.0 Å². The number of nitrogen functional groups attached to an aromatic ring is 1. The lowest BCUT2D eigenvalue weighted by Crippen LogP contribution is -2.42. The van der Waals surface area contributed by atoms with Crippen molar-refractivity contribution in [3.8, 4) is 5.75 Å². The van der Waals surface area contributed by atoms with E-state index < -0.39 is 10.0 Å². The molecule has 116 valence electrons. The molecule has 1 aromatic carbocycles. The topological polar surface area (TPSA) is 84.7 Å². The highest BCUT2D eigenvalue weighted by atomic mass is 32.2. The van der Waals surface area contributed by atoms with Gasteiger partial charge >= 0.3 is 0 Å². The summed E-state index contributed by atoms with van der Waals surface area (Å²) in [7, 11) is -2.04. The SMILES string of the molecule is COc1ccc(S(=O)(=O)NC2CCN3CCCC23)cc1N. The Labute approximate surface area is 125 Å². The van der Waals surface area contributed by atoms with E-state index in [0.717, 1.165) is 32.4 Å². The van der Waals surface area contributed by atoms with Crippen molar-refractivity contribution in [1.82, 2.24) is 9.62 Å². The number of hydrogen-bond donors (Lipinski definition) is 2. The molecule has 2 unspecified atom stereocenters. The highest BCUT2D eigenvalue weighted by Crippen LogP contribution is 2.30. The van der Waals surface area contributed by atoms with Crippen LogP contribution in [0.1, 0.15) is 19.3 Å². The smallest absolute Gasteiger partial charge is 0.240 e. The fourth-order valence-electron chi connectivity index (χ4n) is 3.37. The minimum Gasteiger partial charge on any atom is -0.495 e. The maximum Gasteiger partial charge on any atom is 0.240 e. The average Bonchev–Trinajstić information content (AvgIpc) is 3.03. The van der Waals surface area contributed by atoms with Crippen LogP contribution in [0.5, 0.6) is 5.75 Å². The summed E-state index contributed by atoms with van der Waals surface area (Å²) in [6, 6.07) is 4.90. The van der Waals surface area contributed by atoms with Crippen LogP contribution in [0.25, 0.3) is 0 Å². The molecule has 2 heterocycles. The van der Waals surface area contributed by atoms with Crippen molar-refractivity contribution in [2.24, 2.45) is 0 Å². The minimum absolute atomic E-state index is 0.000765. The van der Waals surface area contributed by atoms with E-state index in [2.05, 4.69) is 9.62 Å². The maximum atomic E-state index is 12.5. The largest absolute Gasteiger partial charge is 0.495 e. The molecule has 2 saturated heterocycles. The summed E-state index contributed by atoms with van der Waals surface area (Å²) >= 11 is 0. The van der Waals surface area contributed by atoms with Gasteiger partial charge in [-0.1, -0.05) is 0 Å². The van der Waals surface area contributed by atoms with E-state index in [4.69, 9.17) is 10.5 Å². The molecule has 0 spiro atoms. The molecular weight excluding hydrogens is 290 g/mol. The predicted molar refractivity (Wildman–Crippen MR) is 80.7 cm³/mol. The van der Waals surface area contributed by atoms with E-state index in [1.54, 1.807) is 6.07 Å². The maximum absolute atomic E-state index is 12.5. The number of hydrogen-bond acceptors (Lipinski definition) is 5. The minimum atomic E-state index is -3.54. The van der Waals surface area contributed by atoms with Gasteiger partial charge in [0.15, 0.2) is 0 Å². The summed E-state index contributed by atoms with van der Waals surface area (Å²) in [6.45, 7) is 2.06. The molecule has 0 aromatic heterocycles. The van der Waals surface area contributed by atoms with E-state index in [-0.39, 0.29) is 10.9 Å². The Bertz CT molecular complexity index is 632. The third kappa shape index (κ3) is 2.73. The number of fused-ring (bicyclic) bond motifs is 1. The fraction of sp³-hybridized carbons (Fsp3) is 0.571. The summed E-state index contributed by atoms with van der Waals surface area (Å²) < 4.78 is 32.9. The summed E-state index contributed by atoms with van der Waals surface area (Å²) in [5.74, 6) is 0.483. The fourth-order valence-corrected chi connectivity index (χ4v) is 4.71. The number of ether oxygens (including phenoxy) is 1. The number of benzene rings is 1. The van der Waals surface area contributed by atoms with Crippen molar-refractivity contribution >= 4 is 15.7 Å². The molecule has 21 heavy (non-hydrogen) atoms. The molecule has 3 rings (SSSR count). The molecule has 6 nitrogen and oxygen atoms in total. The summed E-state index contributed by atoms with van der Waals surface area (Å²) in [6.07, 6.45) is 3.09. The average molecular weight is 311 g/mol. The molecule has 0 bridgehead atoms. The second-order valence-electron chi connectivity index (χ2n) is 5.67. The third-order valence-corrected chi connectivity index (χ3v) is 5.91. The molecule has 2 fully saturated rings. The Morgan fingerprint density at radius 1 is 1.33 bits per heavy atom. The lowest BCUT2D eigenvalue weighted by atomic mass is 10.1. The highest BCUT2D eigenvalue weighted by Gasteiger charge is 2.39. The summed E-state index contributed by atoms with van der Waals surface area (Å²) in [5, 5.41) is 0. The van der Waals surface area contributed by atoms with Crippen LogP contribution >= 0.6 is 0 Å². The summed E-state index contributed by atoms with van der Waals surface area (Å²) in [4.78, 5) is 2.56. The molecule has 0 aliphatic carbocycles. The van der Waals surface area contributed by atoms with Gasteiger partial charge in [0.05, 0.1) is 17.7 Å². The molecule has 0 saturated carbocycles. The quantitative estimate of drug-likeness (QED) is 0.803. The molecule has 3 N–H and O–H groups in total. The number of methoxy groups -OCH3 is 1. The van der Waals surface area contributed by atoms with Crippen molar-refractivity contribution < 1.29 is 13.2 Å². The van der Waals surface area contributed by atoms with Crippen LogP contribution in [-0.4, -0.2) is 45.6 Å². The van der Waals surface area contributed by atoms with Crippen molar-refractivity contribution in [2.45, 2.75) is 36.2 Å². The van der Waals surface area contributed by atoms with Crippen molar-refractivity contribution in [1.29, 1.82) is 0 Å². The van der Waals surface area contributed by atoms with Gasteiger partial charge < -0.3 is 10.5 Å². The van der Waals surface area contributed by atoms with Crippen LogP contribution in [0, 0.1) is 0 Å². The molecule has 2 aliphatic rings. The van der Waals surface area contributed by atoms with E-state index >= 15 is 0 Å². The predicted octanol–water partition coefficient (Wildman–Crippen LogP) is 0.792.